The van der Waals surface area contributed by atoms with Gasteiger partial charge in [-0.05, 0) is 49.2 Å². The van der Waals surface area contributed by atoms with Crippen LogP contribution in [0.25, 0.3) is 0 Å². The lowest BCUT2D eigenvalue weighted by Gasteiger charge is -2.34. The molecule has 1 aliphatic rings. The van der Waals surface area contributed by atoms with Gasteiger partial charge in [-0.2, -0.15) is 4.31 Å². The zero-order valence-corrected chi connectivity index (χ0v) is 18.2. The summed E-state index contributed by atoms with van der Waals surface area (Å²) in [6, 6.07) is 14.1. The van der Waals surface area contributed by atoms with Gasteiger partial charge in [-0.15, -0.1) is 0 Å². The molecule has 0 atom stereocenters. The van der Waals surface area contributed by atoms with Gasteiger partial charge in [0.15, 0.2) is 0 Å². The Kier molecular flexibility index (Phi) is 7.33. The second-order valence-corrected chi connectivity index (χ2v) is 9.12. The number of para-hydroxylation sites is 1. The van der Waals surface area contributed by atoms with Crippen molar-refractivity contribution in [3.63, 3.8) is 0 Å². The fourth-order valence-corrected chi connectivity index (χ4v) is 4.78. The van der Waals surface area contributed by atoms with E-state index in [9.17, 15) is 13.2 Å². The number of rotatable bonds is 8. The molecular weight excluding hydrogens is 404 g/mol. The summed E-state index contributed by atoms with van der Waals surface area (Å²) in [5.41, 5.74) is 1.07. The minimum absolute atomic E-state index is 0.0323. The second-order valence-electron chi connectivity index (χ2n) is 7.18. The fraction of sp³-hybridized carbons (Fsp3) is 0.409. The van der Waals surface area contributed by atoms with Crippen molar-refractivity contribution >= 4 is 15.9 Å². The van der Waals surface area contributed by atoms with Gasteiger partial charge in [-0.1, -0.05) is 18.2 Å². The number of hydrogen-bond donors (Lipinski definition) is 0. The predicted molar refractivity (Wildman–Crippen MR) is 114 cm³/mol. The first kappa shape index (κ1) is 22.1. The number of piperazine rings is 1. The van der Waals surface area contributed by atoms with E-state index in [-0.39, 0.29) is 10.8 Å². The quantitative estimate of drug-likeness (QED) is 0.600. The third-order valence-electron chi connectivity index (χ3n) is 5.17. The molecular formula is C22H28N2O5S. The zero-order valence-electron chi connectivity index (χ0n) is 17.4. The molecule has 162 valence electrons. The summed E-state index contributed by atoms with van der Waals surface area (Å²) in [6.07, 6.45) is 1.01. The number of hydrogen-bond acceptors (Lipinski definition) is 5. The standard InChI is InChI=1S/C22H28N2O5S/c1-18-6-3-4-7-21(18)29-17-5-8-22(25)23-13-15-24(16-14-23)30(26,27)20-11-9-19(28-2)10-12-20/h3-4,6-7,9-12H,5,8,13-17H2,1-2H3. The lowest BCUT2D eigenvalue weighted by Crippen LogP contribution is -2.50. The van der Waals surface area contributed by atoms with Gasteiger partial charge in [0.2, 0.25) is 15.9 Å². The first-order valence-electron chi connectivity index (χ1n) is 10.0. The van der Waals surface area contributed by atoms with Crippen LogP contribution in [0.4, 0.5) is 0 Å². The van der Waals surface area contributed by atoms with Crippen LogP contribution in [0.15, 0.2) is 53.4 Å². The van der Waals surface area contributed by atoms with Crippen LogP contribution in [-0.4, -0.2) is 63.4 Å². The molecule has 1 heterocycles. The van der Waals surface area contributed by atoms with Crippen molar-refractivity contribution in [1.29, 1.82) is 0 Å². The predicted octanol–water partition coefficient (Wildman–Crippen LogP) is 2.70. The van der Waals surface area contributed by atoms with Gasteiger partial charge in [0.1, 0.15) is 11.5 Å². The van der Waals surface area contributed by atoms with Crippen molar-refractivity contribution in [2.45, 2.75) is 24.7 Å². The van der Waals surface area contributed by atoms with E-state index in [0.29, 0.717) is 51.4 Å². The number of benzene rings is 2. The average molecular weight is 433 g/mol. The van der Waals surface area contributed by atoms with Crippen LogP contribution in [0.3, 0.4) is 0 Å². The van der Waals surface area contributed by atoms with Crippen LogP contribution >= 0.6 is 0 Å². The molecule has 0 aliphatic carbocycles. The second kappa shape index (κ2) is 9.95. The highest BCUT2D eigenvalue weighted by Crippen LogP contribution is 2.21. The van der Waals surface area contributed by atoms with Crippen LogP contribution in [0, 0.1) is 6.92 Å². The normalized spacial score (nSPS) is 15.1. The molecule has 30 heavy (non-hydrogen) atoms. The van der Waals surface area contributed by atoms with Crippen molar-refractivity contribution in [2.75, 3.05) is 39.9 Å². The molecule has 2 aromatic carbocycles. The van der Waals surface area contributed by atoms with E-state index >= 15 is 0 Å². The Balaban J connectivity index is 1.45. The molecule has 7 nitrogen and oxygen atoms in total. The van der Waals surface area contributed by atoms with Crippen molar-refractivity contribution < 1.29 is 22.7 Å². The van der Waals surface area contributed by atoms with E-state index in [2.05, 4.69) is 0 Å². The molecule has 0 unspecified atom stereocenters. The third-order valence-corrected chi connectivity index (χ3v) is 7.09. The monoisotopic (exact) mass is 432 g/mol. The molecule has 1 fully saturated rings. The summed E-state index contributed by atoms with van der Waals surface area (Å²) >= 11 is 0. The summed E-state index contributed by atoms with van der Waals surface area (Å²) in [5.74, 6) is 1.47. The van der Waals surface area contributed by atoms with Crippen molar-refractivity contribution in [3.05, 3.63) is 54.1 Å². The maximum atomic E-state index is 12.8. The van der Waals surface area contributed by atoms with Gasteiger partial charge < -0.3 is 14.4 Å². The molecule has 0 saturated carbocycles. The van der Waals surface area contributed by atoms with E-state index in [1.165, 1.54) is 11.4 Å². The van der Waals surface area contributed by atoms with Gasteiger partial charge in [-0.25, -0.2) is 8.42 Å². The SMILES string of the molecule is COc1ccc(S(=O)(=O)N2CCN(C(=O)CCCOc3ccccc3C)CC2)cc1. The van der Waals surface area contributed by atoms with E-state index in [4.69, 9.17) is 9.47 Å². The molecule has 8 heteroatoms. The van der Waals surface area contributed by atoms with Crippen molar-refractivity contribution in [1.82, 2.24) is 9.21 Å². The van der Waals surface area contributed by atoms with Crippen LogP contribution < -0.4 is 9.47 Å². The maximum absolute atomic E-state index is 12.8. The smallest absolute Gasteiger partial charge is 0.243 e. The van der Waals surface area contributed by atoms with E-state index in [1.807, 2.05) is 31.2 Å². The third kappa shape index (κ3) is 5.31. The van der Waals surface area contributed by atoms with E-state index < -0.39 is 10.0 Å². The lowest BCUT2D eigenvalue weighted by molar-refractivity contribution is -0.132. The highest BCUT2D eigenvalue weighted by molar-refractivity contribution is 7.89. The highest BCUT2D eigenvalue weighted by atomic mass is 32.2. The van der Waals surface area contributed by atoms with Gasteiger partial charge in [0, 0.05) is 32.6 Å². The first-order chi connectivity index (χ1) is 14.4. The first-order valence-corrected chi connectivity index (χ1v) is 11.5. The lowest BCUT2D eigenvalue weighted by atomic mass is 10.2. The fourth-order valence-electron chi connectivity index (χ4n) is 3.36. The van der Waals surface area contributed by atoms with Crippen LogP contribution in [-0.2, 0) is 14.8 Å². The zero-order chi connectivity index (χ0) is 21.6. The molecule has 1 saturated heterocycles. The van der Waals surface area contributed by atoms with Crippen LogP contribution in [0.5, 0.6) is 11.5 Å². The number of nitrogens with zero attached hydrogens (tertiary/aromatic N) is 2. The van der Waals surface area contributed by atoms with Crippen LogP contribution in [0.2, 0.25) is 0 Å². The molecule has 0 N–H and O–H groups in total. The summed E-state index contributed by atoms with van der Waals surface area (Å²) < 4.78 is 37.8. The molecule has 2 aromatic rings. The largest absolute Gasteiger partial charge is 0.497 e. The Morgan fingerprint density at radius 3 is 2.30 bits per heavy atom. The Morgan fingerprint density at radius 1 is 1.00 bits per heavy atom. The van der Waals surface area contributed by atoms with Gasteiger partial charge in [0.05, 0.1) is 18.6 Å². The minimum Gasteiger partial charge on any atom is -0.497 e. The summed E-state index contributed by atoms with van der Waals surface area (Å²) in [5, 5.41) is 0. The number of amides is 1. The number of ether oxygens (including phenoxy) is 2. The van der Waals surface area contributed by atoms with Crippen molar-refractivity contribution in [3.8, 4) is 11.5 Å². The molecule has 1 amide bonds. The number of methoxy groups -OCH3 is 1. The molecule has 0 spiro atoms. The minimum atomic E-state index is -3.57. The Labute approximate surface area is 178 Å². The molecule has 0 radical (unpaired) electrons. The Bertz CT molecular complexity index is 952. The average Bonchev–Trinajstić information content (AvgIpc) is 2.77. The van der Waals surface area contributed by atoms with Gasteiger partial charge >= 0.3 is 0 Å². The number of sulfonamides is 1. The van der Waals surface area contributed by atoms with E-state index in [0.717, 1.165) is 11.3 Å². The Hall–Kier alpha value is -2.58. The summed E-state index contributed by atoms with van der Waals surface area (Å²) in [6.45, 7) is 3.84. The van der Waals surface area contributed by atoms with Crippen LogP contribution in [0.1, 0.15) is 18.4 Å². The summed E-state index contributed by atoms with van der Waals surface area (Å²) in [4.78, 5) is 14.4. The number of carbonyl (C=O) groups is 1. The Morgan fingerprint density at radius 2 is 1.67 bits per heavy atom. The number of aryl methyl sites for hydroxylation is 1. The highest BCUT2D eigenvalue weighted by Gasteiger charge is 2.29. The number of carbonyl (C=O) groups excluding carboxylic acids is 1. The van der Waals surface area contributed by atoms with Gasteiger partial charge in [0.25, 0.3) is 0 Å². The molecule has 0 bridgehead atoms. The van der Waals surface area contributed by atoms with Gasteiger partial charge in [-0.3, -0.25) is 4.79 Å². The molecule has 0 aromatic heterocycles. The van der Waals surface area contributed by atoms with Crippen molar-refractivity contribution in [2.24, 2.45) is 0 Å². The maximum Gasteiger partial charge on any atom is 0.243 e. The molecule has 1 aliphatic heterocycles. The topological polar surface area (TPSA) is 76.2 Å². The molecule has 3 rings (SSSR count). The van der Waals surface area contributed by atoms with E-state index in [1.54, 1.807) is 29.2 Å². The summed E-state index contributed by atoms with van der Waals surface area (Å²) in [7, 11) is -2.04.